The molecule has 9 rings (SSSR count). The quantitative estimate of drug-likeness (QED) is 0.207. The second-order valence-electron chi connectivity index (χ2n) is 12.6. The van der Waals surface area contributed by atoms with Crippen LogP contribution < -0.4 is 4.90 Å². The summed E-state index contributed by atoms with van der Waals surface area (Å²) in [5.41, 5.74) is 13.0. The van der Waals surface area contributed by atoms with E-state index in [2.05, 4.69) is 170 Å². The van der Waals surface area contributed by atoms with Crippen LogP contribution in [0, 0.1) is 0 Å². The van der Waals surface area contributed by atoms with Crippen LogP contribution >= 0.6 is 0 Å². The predicted octanol–water partition coefficient (Wildman–Crippen LogP) is 12.2. The van der Waals surface area contributed by atoms with Gasteiger partial charge in [-0.3, -0.25) is 0 Å². The lowest BCUT2D eigenvalue weighted by atomic mass is 9.81. The number of nitrogens with zero attached hydrogens (tertiary/aromatic N) is 1. The van der Waals surface area contributed by atoms with Gasteiger partial charge in [0.2, 0.25) is 0 Å². The number of furan rings is 1. The van der Waals surface area contributed by atoms with E-state index in [1.54, 1.807) is 0 Å². The Labute approximate surface area is 262 Å². The van der Waals surface area contributed by atoms with Crippen LogP contribution in [0.5, 0.6) is 0 Å². The fraction of sp³-hybridized carbons (Fsp3) is 0.0698. The molecule has 0 aliphatic heterocycles. The fourth-order valence-electron chi connectivity index (χ4n) is 7.41. The van der Waals surface area contributed by atoms with Gasteiger partial charge in [-0.2, -0.15) is 0 Å². The Balaban J connectivity index is 1.18. The minimum absolute atomic E-state index is 0.0244. The maximum atomic E-state index is 6.56. The molecule has 0 fully saturated rings. The monoisotopic (exact) mass is 577 g/mol. The first-order valence-corrected chi connectivity index (χ1v) is 15.6. The second-order valence-corrected chi connectivity index (χ2v) is 12.6. The normalized spacial score (nSPS) is 13.3. The molecule has 214 valence electrons. The van der Waals surface area contributed by atoms with Gasteiger partial charge in [0.15, 0.2) is 0 Å². The zero-order valence-corrected chi connectivity index (χ0v) is 25.3. The first-order valence-electron chi connectivity index (χ1n) is 15.6. The van der Waals surface area contributed by atoms with E-state index in [1.165, 1.54) is 38.8 Å². The highest BCUT2D eigenvalue weighted by atomic mass is 16.3. The van der Waals surface area contributed by atoms with Crippen LogP contribution in [0.1, 0.15) is 25.0 Å². The minimum Gasteiger partial charge on any atom is -0.455 e. The molecule has 45 heavy (non-hydrogen) atoms. The van der Waals surface area contributed by atoms with E-state index in [9.17, 15) is 0 Å². The Bertz CT molecular complexity index is 2400. The van der Waals surface area contributed by atoms with Crippen LogP contribution in [0.3, 0.4) is 0 Å². The number of benzene rings is 7. The van der Waals surface area contributed by atoms with Crippen molar-refractivity contribution in [3.05, 3.63) is 163 Å². The number of rotatable bonds is 4. The third-order valence-corrected chi connectivity index (χ3v) is 9.66. The average molecular weight is 578 g/mol. The highest BCUT2D eigenvalue weighted by molar-refractivity contribution is 6.19. The SMILES string of the molecule is CC1(C)c2ccccc2-c2ccc(-c3ccc(N(c4ccccc4)c4cccc5oc6c7ccccc7ccc6c45)cc3)cc21. The molecular weight excluding hydrogens is 546 g/mol. The molecule has 0 unspecified atom stereocenters. The lowest BCUT2D eigenvalue weighted by molar-refractivity contribution is 0.660. The molecule has 1 aliphatic rings. The van der Waals surface area contributed by atoms with Crippen LogP contribution in [-0.2, 0) is 5.41 Å². The predicted molar refractivity (Wildman–Crippen MR) is 189 cm³/mol. The molecule has 0 saturated carbocycles. The average Bonchev–Trinajstić information content (AvgIpc) is 3.59. The lowest BCUT2D eigenvalue weighted by Gasteiger charge is -2.26. The van der Waals surface area contributed by atoms with Gasteiger partial charge >= 0.3 is 0 Å². The summed E-state index contributed by atoms with van der Waals surface area (Å²) in [6, 6.07) is 54.6. The van der Waals surface area contributed by atoms with Gasteiger partial charge in [0.05, 0.1) is 11.1 Å². The van der Waals surface area contributed by atoms with Crippen molar-refractivity contribution in [2.24, 2.45) is 0 Å². The number of hydrogen-bond acceptors (Lipinski definition) is 2. The van der Waals surface area contributed by atoms with Crippen molar-refractivity contribution >= 4 is 49.8 Å². The van der Waals surface area contributed by atoms with Crippen molar-refractivity contribution in [1.29, 1.82) is 0 Å². The summed E-state index contributed by atoms with van der Waals surface area (Å²) in [7, 11) is 0. The van der Waals surface area contributed by atoms with Crippen LogP contribution in [0.2, 0.25) is 0 Å². The third kappa shape index (κ3) is 3.89. The van der Waals surface area contributed by atoms with Gasteiger partial charge < -0.3 is 9.32 Å². The minimum atomic E-state index is -0.0244. The number of anilines is 3. The Morgan fingerprint density at radius 3 is 2.09 bits per heavy atom. The molecule has 0 N–H and O–H groups in total. The number of fused-ring (bicyclic) bond motifs is 8. The van der Waals surface area contributed by atoms with E-state index >= 15 is 0 Å². The zero-order valence-electron chi connectivity index (χ0n) is 25.3. The molecule has 1 aromatic heterocycles. The van der Waals surface area contributed by atoms with Crippen molar-refractivity contribution in [2.75, 3.05) is 4.90 Å². The molecular formula is C43H31NO. The van der Waals surface area contributed by atoms with Gasteiger partial charge in [0.1, 0.15) is 11.2 Å². The summed E-state index contributed by atoms with van der Waals surface area (Å²) >= 11 is 0. The van der Waals surface area contributed by atoms with E-state index < -0.39 is 0 Å². The molecule has 0 bridgehead atoms. The van der Waals surface area contributed by atoms with E-state index in [4.69, 9.17) is 4.42 Å². The van der Waals surface area contributed by atoms with Crippen LogP contribution in [0.25, 0.3) is 55.0 Å². The lowest BCUT2D eigenvalue weighted by Crippen LogP contribution is -2.14. The van der Waals surface area contributed by atoms with Gasteiger partial charge in [0, 0.05) is 27.6 Å². The Kier molecular flexibility index (Phi) is 5.58. The summed E-state index contributed by atoms with van der Waals surface area (Å²) in [5, 5.41) is 4.55. The van der Waals surface area contributed by atoms with Crippen molar-refractivity contribution in [1.82, 2.24) is 0 Å². The van der Waals surface area contributed by atoms with E-state index in [1.807, 2.05) is 0 Å². The van der Waals surface area contributed by atoms with Gasteiger partial charge in [-0.15, -0.1) is 0 Å². The molecule has 0 spiro atoms. The number of para-hydroxylation sites is 1. The summed E-state index contributed by atoms with van der Waals surface area (Å²) in [6.45, 7) is 4.68. The fourth-order valence-corrected chi connectivity index (χ4v) is 7.41. The third-order valence-electron chi connectivity index (χ3n) is 9.66. The van der Waals surface area contributed by atoms with Crippen molar-refractivity contribution in [2.45, 2.75) is 19.3 Å². The Morgan fingerprint density at radius 2 is 1.22 bits per heavy atom. The summed E-state index contributed by atoms with van der Waals surface area (Å²) in [5.74, 6) is 0. The van der Waals surface area contributed by atoms with E-state index in [0.717, 1.165) is 44.4 Å². The number of hydrogen-bond donors (Lipinski definition) is 0. The van der Waals surface area contributed by atoms with Crippen LogP contribution in [0.15, 0.2) is 156 Å². The largest absolute Gasteiger partial charge is 0.455 e. The summed E-state index contributed by atoms with van der Waals surface area (Å²) in [4.78, 5) is 2.35. The Hall–Kier alpha value is -5.60. The van der Waals surface area contributed by atoms with Crippen LogP contribution in [-0.4, -0.2) is 0 Å². The summed E-state index contributed by atoms with van der Waals surface area (Å²) < 4.78 is 6.56. The highest BCUT2D eigenvalue weighted by Crippen LogP contribution is 2.50. The molecule has 7 aromatic carbocycles. The first kappa shape index (κ1) is 25.9. The van der Waals surface area contributed by atoms with Gasteiger partial charge in [-0.05, 0) is 87.3 Å². The molecule has 2 heteroatoms. The van der Waals surface area contributed by atoms with Crippen molar-refractivity contribution in [3.63, 3.8) is 0 Å². The standard InChI is InChI=1S/C43H31NO/c1-43(2)37-16-9-8-15-34(37)35-25-22-30(27-38(35)43)28-19-23-32(24-20-28)44(31-12-4-3-5-13-31)39-17-10-18-40-41(39)36-26-21-29-11-6-7-14-33(29)42(36)45-40/h3-27H,1-2H3. The maximum Gasteiger partial charge on any atom is 0.143 e. The topological polar surface area (TPSA) is 16.4 Å². The van der Waals surface area contributed by atoms with Crippen molar-refractivity contribution < 1.29 is 4.42 Å². The molecule has 1 aliphatic carbocycles. The Morgan fingerprint density at radius 1 is 0.511 bits per heavy atom. The zero-order chi connectivity index (χ0) is 30.1. The van der Waals surface area contributed by atoms with Gasteiger partial charge in [-0.1, -0.05) is 117 Å². The first-order chi connectivity index (χ1) is 22.1. The van der Waals surface area contributed by atoms with E-state index in [0.29, 0.717) is 0 Å². The molecule has 0 atom stereocenters. The molecule has 0 saturated heterocycles. The molecule has 2 nitrogen and oxygen atoms in total. The second kappa shape index (κ2) is 9.70. The highest BCUT2D eigenvalue weighted by Gasteiger charge is 2.35. The van der Waals surface area contributed by atoms with Gasteiger partial charge in [0.25, 0.3) is 0 Å². The van der Waals surface area contributed by atoms with Crippen molar-refractivity contribution in [3.8, 4) is 22.3 Å². The maximum absolute atomic E-state index is 6.56. The van der Waals surface area contributed by atoms with Crippen LogP contribution in [0.4, 0.5) is 17.1 Å². The summed E-state index contributed by atoms with van der Waals surface area (Å²) in [6.07, 6.45) is 0. The smallest absolute Gasteiger partial charge is 0.143 e. The molecule has 0 amide bonds. The molecule has 0 radical (unpaired) electrons. The molecule has 1 heterocycles. The molecule has 8 aromatic rings. The van der Waals surface area contributed by atoms with E-state index in [-0.39, 0.29) is 5.41 Å². The van der Waals surface area contributed by atoms with Gasteiger partial charge in [-0.25, -0.2) is 0 Å².